The van der Waals surface area contributed by atoms with Crippen molar-refractivity contribution >= 4 is 16.5 Å². The molecule has 0 bridgehead atoms. The zero-order valence-corrected chi connectivity index (χ0v) is 9.26. The Morgan fingerprint density at radius 3 is 2.79 bits per heavy atom. The molecule has 0 amide bonds. The molecule has 0 saturated carbocycles. The van der Waals surface area contributed by atoms with Gasteiger partial charge in [-0.2, -0.15) is 0 Å². The third-order valence-electron chi connectivity index (χ3n) is 1.81. The van der Waals surface area contributed by atoms with Gasteiger partial charge in [-0.3, -0.25) is 4.21 Å². The molecule has 0 radical (unpaired) electrons. The van der Waals surface area contributed by atoms with Gasteiger partial charge >= 0.3 is 0 Å². The van der Waals surface area contributed by atoms with Gasteiger partial charge in [-0.1, -0.05) is 6.07 Å². The highest BCUT2D eigenvalue weighted by atomic mass is 32.2. The quantitative estimate of drug-likeness (QED) is 0.774. The van der Waals surface area contributed by atoms with Crippen molar-refractivity contribution < 1.29 is 8.95 Å². The predicted molar refractivity (Wildman–Crippen MR) is 58.5 cm³/mol. The zero-order valence-electron chi connectivity index (χ0n) is 8.45. The van der Waals surface area contributed by atoms with E-state index in [0.29, 0.717) is 17.2 Å². The smallest absolute Gasteiger partial charge is 0.126 e. The van der Waals surface area contributed by atoms with E-state index >= 15 is 0 Å². The molecule has 2 N–H and O–H groups in total. The maximum absolute atomic E-state index is 11.6. The lowest BCUT2D eigenvalue weighted by molar-refractivity contribution is 0.196. The lowest BCUT2D eigenvalue weighted by atomic mass is 10.2. The average molecular weight is 213 g/mol. The van der Waals surface area contributed by atoms with Gasteiger partial charge in [0, 0.05) is 12.3 Å². The first-order valence-electron chi connectivity index (χ1n) is 4.47. The molecule has 0 spiro atoms. The number of hydrogen-bond acceptors (Lipinski definition) is 3. The Kier molecular flexibility index (Phi) is 4.10. The number of hydrogen-bond donors (Lipinski definition) is 1. The van der Waals surface area contributed by atoms with Gasteiger partial charge in [0.25, 0.3) is 0 Å². The molecule has 1 unspecified atom stereocenters. The van der Waals surface area contributed by atoms with Gasteiger partial charge in [-0.25, -0.2) is 0 Å². The Labute approximate surface area is 86.7 Å². The summed E-state index contributed by atoms with van der Waals surface area (Å²) in [6.07, 6.45) is 0. The largest absolute Gasteiger partial charge is 0.398 e. The van der Waals surface area contributed by atoms with Crippen LogP contribution in [0.4, 0.5) is 5.69 Å². The van der Waals surface area contributed by atoms with Crippen molar-refractivity contribution in [2.24, 2.45) is 0 Å². The van der Waals surface area contributed by atoms with Crippen LogP contribution < -0.4 is 5.73 Å². The second-order valence-corrected chi connectivity index (χ2v) is 4.36. The number of anilines is 1. The summed E-state index contributed by atoms with van der Waals surface area (Å²) in [5.74, 6) is 0.212. The first kappa shape index (κ1) is 11.2. The molecular weight excluding hydrogens is 198 g/mol. The number of nitrogen functional groups attached to an aromatic ring is 1. The normalized spacial score (nSPS) is 12.7. The maximum atomic E-state index is 11.6. The van der Waals surface area contributed by atoms with E-state index in [9.17, 15) is 4.21 Å². The summed E-state index contributed by atoms with van der Waals surface area (Å²) in [6, 6.07) is 5.51. The van der Waals surface area contributed by atoms with Gasteiger partial charge < -0.3 is 10.5 Å². The Morgan fingerprint density at radius 2 is 2.21 bits per heavy atom. The average Bonchev–Trinajstić information content (AvgIpc) is 2.14. The molecule has 78 valence electrons. The second-order valence-electron chi connectivity index (χ2n) is 3.00. The molecule has 0 aliphatic carbocycles. The SMILES string of the molecule is CCOCS(=O)c1ccc(C)cc1N. The summed E-state index contributed by atoms with van der Waals surface area (Å²) in [5.41, 5.74) is 7.39. The Balaban J connectivity index is 2.80. The van der Waals surface area contributed by atoms with Crippen molar-refractivity contribution in [1.29, 1.82) is 0 Å². The molecule has 1 rings (SSSR count). The second kappa shape index (κ2) is 5.12. The Morgan fingerprint density at radius 1 is 1.50 bits per heavy atom. The first-order valence-corrected chi connectivity index (χ1v) is 5.79. The highest BCUT2D eigenvalue weighted by Gasteiger charge is 2.07. The van der Waals surface area contributed by atoms with Crippen LogP contribution in [0.15, 0.2) is 23.1 Å². The molecule has 0 aliphatic rings. The fourth-order valence-electron chi connectivity index (χ4n) is 1.10. The van der Waals surface area contributed by atoms with Gasteiger partial charge in [-0.15, -0.1) is 0 Å². The Hall–Kier alpha value is -0.870. The van der Waals surface area contributed by atoms with Crippen molar-refractivity contribution in [3.63, 3.8) is 0 Å². The molecular formula is C10H15NO2S. The molecule has 0 fully saturated rings. The topological polar surface area (TPSA) is 52.3 Å². The van der Waals surface area contributed by atoms with Crippen LogP contribution in [0.25, 0.3) is 0 Å². The van der Waals surface area contributed by atoms with E-state index in [4.69, 9.17) is 10.5 Å². The summed E-state index contributed by atoms with van der Waals surface area (Å²) < 4.78 is 16.7. The fraction of sp³-hybridized carbons (Fsp3) is 0.400. The predicted octanol–water partition coefficient (Wildman–Crippen LogP) is 1.68. The third kappa shape index (κ3) is 2.82. The van der Waals surface area contributed by atoms with Crippen molar-refractivity contribution in [3.8, 4) is 0 Å². The van der Waals surface area contributed by atoms with Crippen LogP contribution in [0, 0.1) is 6.92 Å². The zero-order chi connectivity index (χ0) is 10.6. The van der Waals surface area contributed by atoms with Crippen LogP contribution in [-0.4, -0.2) is 16.8 Å². The summed E-state index contributed by atoms with van der Waals surface area (Å²) in [6.45, 7) is 4.39. The number of aryl methyl sites for hydroxylation is 1. The van der Waals surface area contributed by atoms with E-state index in [1.807, 2.05) is 26.0 Å². The van der Waals surface area contributed by atoms with Gasteiger partial charge in [0.15, 0.2) is 0 Å². The molecule has 0 saturated heterocycles. The van der Waals surface area contributed by atoms with Crippen LogP contribution >= 0.6 is 0 Å². The minimum atomic E-state index is -1.15. The molecule has 0 aliphatic heterocycles. The minimum Gasteiger partial charge on any atom is -0.398 e. The van der Waals surface area contributed by atoms with Gasteiger partial charge in [0.1, 0.15) is 5.94 Å². The highest BCUT2D eigenvalue weighted by Crippen LogP contribution is 2.17. The molecule has 4 heteroatoms. The van der Waals surface area contributed by atoms with E-state index < -0.39 is 10.8 Å². The minimum absolute atomic E-state index is 0.212. The van der Waals surface area contributed by atoms with Gasteiger partial charge in [-0.05, 0) is 31.5 Å². The van der Waals surface area contributed by atoms with Crippen LogP contribution in [0.5, 0.6) is 0 Å². The van der Waals surface area contributed by atoms with E-state index in [1.54, 1.807) is 6.07 Å². The highest BCUT2D eigenvalue weighted by molar-refractivity contribution is 7.85. The lowest BCUT2D eigenvalue weighted by Gasteiger charge is -2.06. The van der Waals surface area contributed by atoms with Gasteiger partial charge in [0.2, 0.25) is 0 Å². The van der Waals surface area contributed by atoms with Crippen LogP contribution in [0.1, 0.15) is 12.5 Å². The number of rotatable bonds is 4. The maximum Gasteiger partial charge on any atom is 0.126 e. The number of nitrogens with two attached hydrogens (primary N) is 1. The van der Waals surface area contributed by atoms with Gasteiger partial charge in [0.05, 0.1) is 15.7 Å². The monoisotopic (exact) mass is 213 g/mol. The first-order chi connectivity index (χ1) is 6.65. The molecule has 0 heterocycles. The van der Waals surface area contributed by atoms with Crippen molar-refractivity contribution in [2.45, 2.75) is 18.7 Å². The van der Waals surface area contributed by atoms with E-state index in [1.165, 1.54) is 0 Å². The standard InChI is InChI=1S/C10H15NO2S/c1-3-13-7-14(12)10-5-4-8(2)6-9(10)11/h4-6H,3,7,11H2,1-2H3. The summed E-state index contributed by atoms with van der Waals surface area (Å²) in [7, 11) is -1.15. The molecule has 1 aromatic carbocycles. The number of ether oxygens (including phenoxy) is 1. The van der Waals surface area contributed by atoms with Crippen molar-refractivity contribution in [1.82, 2.24) is 0 Å². The third-order valence-corrected chi connectivity index (χ3v) is 3.05. The molecule has 1 aromatic rings. The van der Waals surface area contributed by atoms with E-state index in [2.05, 4.69) is 0 Å². The Bertz CT molecular complexity index is 339. The van der Waals surface area contributed by atoms with Crippen LogP contribution in [0.3, 0.4) is 0 Å². The summed E-state index contributed by atoms with van der Waals surface area (Å²) >= 11 is 0. The van der Waals surface area contributed by atoms with Crippen molar-refractivity contribution in [3.05, 3.63) is 23.8 Å². The molecule has 1 atom stereocenters. The molecule has 3 nitrogen and oxygen atoms in total. The summed E-state index contributed by atoms with van der Waals surface area (Å²) in [4.78, 5) is 0.657. The summed E-state index contributed by atoms with van der Waals surface area (Å²) in [5, 5.41) is 0. The van der Waals surface area contributed by atoms with E-state index in [-0.39, 0.29) is 5.94 Å². The van der Waals surface area contributed by atoms with Crippen molar-refractivity contribution in [2.75, 3.05) is 18.3 Å². The number of benzene rings is 1. The lowest BCUT2D eigenvalue weighted by Crippen LogP contribution is -2.05. The van der Waals surface area contributed by atoms with Crippen LogP contribution in [0.2, 0.25) is 0 Å². The molecule has 0 aromatic heterocycles. The van der Waals surface area contributed by atoms with E-state index in [0.717, 1.165) is 5.56 Å². The van der Waals surface area contributed by atoms with Crippen LogP contribution in [-0.2, 0) is 15.5 Å². The fourth-order valence-corrected chi connectivity index (χ4v) is 2.08. The molecule has 14 heavy (non-hydrogen) atoms.